The van der Waals surface area contributed by atoms with Gasteiger partial charge in [-0.2, -0.15) is 0 Å². The number of aromatic nitrogens is 1. The Bertz CT molecular complexity index is 1210. The van der Waals surface area contributed by atoms with Crippen molar-refractivity contribution in [1.29, 1.82) is 0 Å². The molecule has 1 heterocycles. The normalized spacial score (nSPS) is 10.7. The molecule has 5 rings (SSSR count). The predicted octanol–water partition coefficient (Wildman–Crippen LogP) is 5.12. The maximum atomic E-state index is 13.3. The van der Waals surface area contributed by atoms with Crippen LogP contribution in [0.2, 0.25) is 0 Å². The van der Waals surface area contributed by atoms with Crippen molar-refractivity contribution in [2.24, 2.45) is 0 Å². The first kappa shape index (κ1) is 16.6. The van der Waals surface area contributed by atoms with E-state index < -0.39 is 5.97 Å². The van der Waals surface area contributed by atoms with E-state index in [0.717, 1.165) is 0 Å². The zero-order valence-corrected chi connectivity index (χ0v) is 14.2. The molecule has 0 aliphatic heterocycles. The lowest BCUT2D eigenvalue weighted by atomic mass is 10.1. The molecule has 0 fully saturated rings. The molecule has 3 aromatic rings. The van der Waals surface area contributed by atoms with Crippen molar-refractivity contribution in [2.45, 2.75) is 0 Å². The van der Waals surface area contributed by atoms with E-state index in [9.17, 15) is 14.3 Å². The number of aromatic carboxylic acids is 1. The Labute approximate surface area is 155 Å². The summed E-state index contributed by atoms with van der Waals surface area (Å²) in [6.45, 7) is 0. The fourth-order valence-electron chi connectivity index (χ4n) is 3.08. The van der Waals surface area contributed by atoms with Gasteiger partial charge in [0.2, 0.25) is 0 Å². The first-order chi connectivity index (χ1) is 13.1. The van der Waals surface area contributed by atoms with Crippen LogP contribution in [-0.4, -0.2) is 15.6 Å². The zero-order valence-electron chi connectivity index (χ0n) is 14.2. The van der Waals surface area contributed by atoms with Gasteiger partial charge in [0.1, 0.15) is 5.82 Å². The summed E-state index contributed by atoms with van der Waals surface area (Å²) in [6, 6.07) is 19.3. The zero-order chi connectivity index (χ0) is 19.0. The summed E-state index contributed by atoms with van der Waals surface area (Å²) in [7, 11) is 0. The van der Waals surface area contributed by atoms with E-state index in [1.165, 1.54) is 29.3 Å². The third-order valence-corrected chi connectivity index (χ3v) is 4.43. The average molecular weight is 355 g/mol. The molecule has 2 aliphatic carbocycles. The molecule has 1 aromatic heterocycles. The minimum absolute atomic E-state index is 0.104. The molecule has 0 atom stereocenters. The lowest BCUT2D eigenvalue weighted by molar-refractivity contribution is 0.0697. The largest absolute Gasteiger partial charge is 0.478 e. The molecule has 0 bridgehead atoms. The lowest BCUT2D eigenvalue weighted by Gasteiger charge is -2.12. The van der Waals surface area contributed by atoms with Gasteiger partial charge in [0.15, 0.2) is 0 Å². The highest BCUT2D eigenvalue weighted by atomic mass is 19.1. The number of rotatable bonds is 2. The van der Waals surface area contributed by atoms with Crippen molar-refractivity contribution in [3.63, 3.8) is 0 Å². The van der Waals surface area contributed by atoms with Crippen LogP contribution in [0.25, 0.3) is 27.7 Å². The van der Waals surface area contributed by atoms with E-state index in [4.69, 9.17) is 6.42 Å². The van der Waals surface area contributed by atoms with Crippen LogP contribution in [0.3, 0.4) is 0 Å². The van der Waals surface area contributed by atoms with Gasteiger partial charge in [-0.25, -0.2) is 9.18 Å². The summed E-state index contributed by atoms with van der Waals surface area (Å²) < 4.78 is 14.9. The van der Waals surface area contributed by atoms with Gasteiger partial charge < -0.3 is 9.67 Å². The number of halogens is 1. The van der Waals surface area contributed by atoms with Crippen LogP contribution in [-0.2, 0) is 0 Å². The molecule has 0 unspecified atom stereocenters. The highest BCUT2D eigenvalue weighted by Crippen LogP contribution is 2.32. The molecule has 0 saturated carbocycles. The van der Waals surface area contributed by atoms with Crippen molar-refractivity contribution in [3.8, 4) is 29.2 Å². The quantitative estimate of drug-likeness (QED) is 0.447. The number of fused-ring (bicyclic) bond motifs is 2. The van der Waals surface area contributed by atoms with Gasteiger partial charge in [0.25, 0.3) is 0 Å². The Hall–Kier alpha value is -3.84. The summed E-state index contributed by atoms with van der Waals surface area (Å²) >= 11 is 0. The molecular weight excluding hydrogens is 341 g/mol. The minimum Gasteiger partial charge on any atom is -0.478 e. The van der Waals surface area contributed by atoms with Gasteiger partial charge in [0, 0.05) is 17.1 Å². The van der Waals surface area contributed by atoms with Crippen LogP contribution in [0.4, 0.5) is 4.39 Å². The first-order valence-electron chi connectivity index (χ1n) is 8.29. The van der Waals surface area contributed by atoms with E-state index in [1.54, 1.807) is 35.0 Å². The van der Waals surface area contributed by atoms with Gasteiger partial charge in [-0.1, -0.05) is 30.2 Å². The van der Waals surface area contributed by atoms with Crippen LogP contribution in [0.5, 0.6) is 0 Å². The van der Waals surface area contributed by atoms with Gasteiger partial charge >= 0.3 is 5.97 Å². The lowest BCUT2D eigenvalue weighted by Crippen LogP contribution is -2.07. The number of terminal acetylenes is 1. The molecule has 0 radical (unpaired) electrons. The van der Waals surface area contributed by atoms with E-state index in [1.807, 2.05) is 0 Å². The second kappa shape index (κ2) is 6.47. The van der Waals surface area contributed by atoms with Crippen LogP contribution in [0, 0.1) is 18.2 Å². The van der Waals surface area contributed by atoms with E-state index in [2.05, 4.69) is 30.2 Å². The summed E-state index contributed by atoms with van der Waals surface area (Å²) in [6.07, 6.45) is 7.16. The van der Waals surface area contributed by atoms with Gasteiger partial charge in [-0.05, 0) is 53.6 Å². The standard InChI is InChI=1S/C17H10FNO2.C6H4/c1-2-11-4-3-5-14(17(20)21)16(11)19-9-8-12-10-13(18)6-7-15(12)19;1-2-5-4-6(5)3-1/h1,3-10H,(H,20,21);1-4H. The Morgan fingerprint density at radius 2 is 1.74 bits per heavy atom. The minimum atomic E-state index is -1.06. The molecule has 1 N–H and O–H groups in total. The van der Waals surface area contributed by atoms with E-state index in [-0.39, 0.29) is 11.4 Å². The Morgan fingerprint density at radius 3 is 2.33 bits per heavy atom. The molecule has 4 heteroatoms. The predicted molar refractivity (Wildman–Crippen MR) is 104 cm³/mol. The Balaban J connectivity index is 0.000000250. The van der Waals surface area contributed by atoms with E-state index >= 15 is 0 Å². The number of hydrogen-bond acceptors (Lipinski definition) is 1. The van der Waals surface area contributed by atoms with Crippen molar-refractivity contribution < 1.29 is 14.3 Å². The molecule has 0 saturated heterocycles. The van der Waals surface area contributed by atoms with Crippen molar-refractivity contribution >= 4 is 16.9 Å². The number of nitrogens with zero attached hydrogens (tertiary/aromatic N) is 1. The van der Waals surface area contributed by atoms with Crippen molar-refractivity contribution in [1.82, 2.24) is 4.57 Å². The number of carboxylic acids is 1. The molecule has 0 amide bonds. The SMILES string of the molecule is C#Cc1cccc(C(=O)O)c1-n1ccc2cc(F)ccc21.c1cc2cc-2c1. The monoisotopic (exact) mass is 355 g/mol. The fraction of sp³-hybridized carbons (Fsp3) is 0. The molecule has 0 spiro atoms. The summed E-state index contributed by atoms with van der Waals surface area (Å²) in [5, 5.41) is 10.0. The molecule has 130 valence electrons. The second-order valence-corrected chi connectivity index (χ2v) is 6.12. The number of para-hydroxylation sites is 1. The van der Waals surface area contributed by atoms with E-state index in [0.29, 0.717) is 22.2 Å². The summed E-state index contributed by atoms with van der Waals surface area (Å²) in [5.41, 5.74) is 4.53. The second-order valence-electron chi connectivity index (χ2n) is 6.12. The molecule has 2 aliphatic rings. The number of carbonyl (C=O) groups is 1. The number of benzene rings is 3. The van der Waals surface area contributed by atoms with Crippen LogP contribution >= 0.6 is 0 Å². The molecular formula is C23H14FNO2. The first-order valence-corrected chi connectivity index (χ1v) is 8.29. The summed E-state index contributed by atoms with van der Waals surface area (Å²) in [4.78, 5) is 11.4. The maximum absolute atomic E-state index is 13.3. The van der Waals surface area contributed by atoms with Gasteiger partial charge in [-0.15, -0.1) is 6.42 Å². The Kier molecular flexibility index (Phi) is 3.98. The summed E-state index contributed by atoms with van der Waals surface area (Å²) in [5.74, 6) is 1.09. The smallest absolute Gasteiger partial charge is 0.337 e. The van der Waals surface area contributed by atoms with Gasteiger partial charge in [-0.3, -0.25) is 0 Å². The average Bonchev–Trinajstić information content (AvgIpc) is 3.08. The van der Waals surface area contributed by atoms with Gasteiger partial charge in [0.05, 0.1) is 16.8 Å². The number of hydrogen-bond donors (Lipinski definition) is 1. The molecule has 3 nitrogen and oxygen atoms in total. The third kappa shape index (κ3) is 3.07. The highest BCUT2D eigenvalue weighted by Gasteiger charge is 2.16. The van der Waals surface area contributed by atoms with Crippen molar-refractivity contribution in [2.75, 3.05) is 0 Å². The fourth-order valence-corrected chi connectivity index (χ4v) is 3.08. The molecule has 27 heavy (non-hydrogen) atoms. The van der Waals surface area contributed by atoms with Crippen molar-refractivity contribution in [3.05, 3.63) is 89.9 Å². The third-order valence-electron chi connectivity index (χ3n) is 4.43. The van der Waals surface area contributed by atoms with Crippen LogP contribution in [0.1, 0.15) is 15.9 Å². The highest BCUT2D eigenvalue weighted by molar-refractivity contribution is 5.95. The molecule has 2 aromatic carbocycles. The number of carboxylic acid groups (broad SMARTS) is 1. The topological polar surface area (TPSA) is 42.2 Å². The van der Waals surface area contributed by atoms with Crippen LogP contribution in [0.15, 0.2) is 72.9 Å². The Morgan fingerprint density at radius 1 is 1.00 bits per heavy atom. The maximum Gasteiger partial charge on any atom is 0.337 e. The van der Waals surface area contributed by atoms with Crippen LogP contribution < -0.4 is 0 Å².